The number of aromatic amines is 2. The van der Waals surface area contributed by atoms with E-state index in [2.05, 4.69) is 51.8 Å². The lowest BCUT2D eigenvalue weighted by atomic mass is 10.00. The van der Waals surface area contributed by atoms with Crippen molar-refractivity contribution in [3.8, 4) is 0 Å². The van der Waals surface area contributed by atoms with Crippen molar-refractivity contribution in [3.05, 3.63) is 35.4 Å². The first-order chi connectivity index (χ1) is 24.2. The molecule has 0 fully saturated rings. The van der Waals surface area contributed by atoms with E-state index in [1.165, 1.54) is 19.6 Å². The van der Waals surface area contributed by atoms with Crippen molar-refractivity contribution >= 4 is 41.5 Å². The molecule has 8 N–H and O–H groups in total. The summed E-state index contributed by atoms with van der Waals surface area (Å²) in [5.74, 6) is -3.71. The first-order valence-corrected chi connectivity index (χ1v) is 16.9. The van der Waals surface area contributed by atoms with Crippen LogP contribution in [0, 0.1) is 5.92 Å². The number of imidazole rings is 2. The molecule has 0 aromatic carbocycles. The molecule has 0 unspecified atom stereocenters. The Labute approximate surface area is 302 Å². The highest BCUT2D eigenvalue weighted by Crippen LogP contribution is 2.11. The van der Waals surface area contributed by atoms with E-state index in [1.807, 2.05) is 13.8 Å². The van der Waals surface area contributed by atoms with Crippen molar-refractivity contribution in [3.63, 3.8) is 0 Å². The van der Waals surface area contributed by atoms with Gasteiger partial charge in [-0.15, -0.1) is 0 Å². The van der Waals surface area contributed by atoms with Crippen molar-refractivity contribution in [2.75, 3.05) is 32.7 Å². The van der Waals surface area contributed by atoms with Gasteiger partial charge in [0.05, 0.1) is 25.2 Å². The molecule has 19 nitrogen and oxygen atoms in total. The number of H-pyrrole nitrogens is 2. The number of nitrogens with zero attached hydrogens (tertiary/aromatic N) is 2. The fourth-order valence-corrected chi connectivity index (χ4v) is 4.39. The number of Topliss-reactive ketones (excluding diaryl/α,β-unsaturated/α-hetero) is 1. The number of alkyl carbamates (subject to hydrolysis) is 1. The monoisotopic (exact) mass is 732 g/mol. The molecule has 0 spiro atoms. The van der Waals surface area contributed by atoms with Crippen LogP contribution in [0.1, 0.15) is 111 Å². The molecule has 0 saturated heterocycles. The van der Waals surface area contributed by atoms with Gasteiger partial charge in [-0.3, -0.25) is 24.0 Å². The number of carbonyl (C=O) groups is 7. The summed E-state index contributed by atoms with van der Waals surface area (Å²) in [5, 5.41) is 15.8. The number of ether oxygens (including phenoxy) is 2. The van der Waals surface area contributed by atoms with Crippen molar-refractivity contribution < 1.29 is 43.0 Å². The Balaban J connectivity index is 1.87. The number of amides is 5. The van der Waals surface area contributed by atoms with Crippen molar-refractivity contribution in [1.29, 1.82) is 0 Å². The highest BCUT2D eigenvalue weighted by atomic mass is 16.6. The molecule has 0 bridgehead atoms. The van der Waals surface area contributed by atoms with E-state index in [1.54, 1.807) is 41.5 Å². The minimum absolute atomic E-state index is 0.0286. The van der Waals surface area contributed by atoms with Crippen LogP contribution in [0.4, 0.5) is 4.79 Å². The number of aromatic nitrogens is 4. The summed E-state index contributed by atoms with van der Waals surface area (Å²) in [6.07, 6.45) is 2.03. The van der Waals surface area contributed by atoms with E-state index in [-0.39, 0.29) is 67.2 Å². The number of nitrogens with one attached hydrogen (secondary N) is 8. The lowest BCUT2D eigenvalue weighted by molar-refractivity contribution is -0.156. The molecule has 0 aliphatic rings. The summed E-state index contributed by atoms with van der Waals surface area (Å²) in [6.45, 7) is 15.7. The first-order valence-electron chi connectivity index (χ1n) is 16.9. The SMILES string of the molecule is CC(C)C[C@H](NC(=O)c1nc[nH]c1C(=O)NCCNC(=O)OC(C)(C)C)C(=O)CNCCNC(=O)c1[nH]cnc1C(=O)N[C@@H](C)C(=O)OC(C)(C)C. The molecule has 288 valence electrons. The van der Waals surface area contributed by atoms with Gasteiger partial charge in [-0.05, 0) is 60.8 Å². The molecule has 0 aliphatic carbocycles. The fourth-order valence-electron chi connectivity index (χ4n) is 4.39. The van der Waals surface area contributed by atoms with Gasteiger partial charge in [-0.2, -0.15) is 0 Å². The van der Waals surface area contributed by atoms with Crippen molar-refractivity contribution in [2.45, 2.75) is 92.0 Å². The zero-order chi connectivity index (χ0) is 39.2. The van der Waals surface area contributed by atoms with Gasteiger partial charge in [-0.25, -0.2) is 19.6 Å². The predicted octanol–water partition coefficient (Wildman–Crippen LogP) is 0.581. The van der Waals surface area contributed by atoms with Gasteiger partial charge in [0.15, 0.2) is 17.2 Å². The number of hydrogen-bond acceptors (Lipinski definition) is 12. The minimum atomic E-state index is -0.988. The third-order valence-corrected chi connectivity index (χ3v) is 6.64. The zero-order valence-electron chi connectivity index (χ0n) is 31.2. The molecule has 2 rings (SSSR count). The van der Waals surface area contributed by atoms with Crippen LogP contribution in [0.25, 0.3) is 0 Å². The molecule has 0 aliphatic heterocycles. The third-order valence-electron chi connectivity index (χ3n) is 6.64. The summed E-state index contributed by atoms with van der Waals surface area (Å²) in [6, 6.07) is -1.90. The minimum Gasteiger partial charge on any atom is -0.458 e. The van der Waals surface area contributed by atoms with Gasteiger partial charge in [-0.1, -0.05) is 13.8 Å². The average molecular weight is 733 g/mol. The fraction of sp³-hybridized carbons (Fsp3) is 0.606. The summed E-state index contributed by atoms with van der Waals surface area (Å²) in [7, 11) is 0. The van der Waals surface area contributed by atoms with E-state index in [9.17, 15) is 33.6 Å². The van der Waals surface area contributed by atoms with Crippen LogP contribution < -0.4 is 31.9 Å². The topological polar surface area (TPSA) is 267 Å². The van der Waals surface area contributed by atoms with Gasteiger partial charge >= 0.3 is 12.1 Å². The van der Waals surface area contributed by atoms with Crippen LogP contribution in [0.5, 0.6) is 0 Å². The maximum Gasteiger partial charge on any atom is 0.407 e. The number of ketones is 1. The van der Waals surface area contributed by atoms with Crippen LogP contribution in [-0.4, -0.2) is 117 Å². The van der Waals surface area contributed by atoms with Crippen LogP contribution in [0.2, 0.25) is 0 Å². The Kier molecular flexibility index (Phi) is 15.9. The Morgan fingerprint density at radius 3 is 1.65 bits per heavy atom. The zero-order valence-corrected chi connectivity index (χ0v) is 31.2. The molecule has 52 heavy (non-hydrogen) atoms. The van der Waals surface area contributed by atoms with E-state index >= 15 is 0 Å². The summed E-state index contributed by atoms with van der Waals surface area (Å²) in [5.41, 5.74) is -2.07. The molecule has 0 saturated carbocycles. The number of carbonyl (C=O) groups excluding carboxylic acids is 7. The molecular formula is C33H52N10O9. The lowest BCUT2D eigenvalue weighted by Crippen LogP contribution is -2.46. The van der Waals surface area contributed by atoms with Crippen molar-refractivity contribution in [1.82, 2.24) is 51.8 Å². The smallest absolute Gasteiger partial charge is 0.407 e. The largest absolute Gasteiger partial charge is 0.458 e. The second kappa shape index (κ2) is 19.3. The second-order valence-corrected chi connectivity index (χ2v) is 14.2. The normalized spacial score (nSPS) is 12.7. The lowest BCUT2D eigenvalue weighted by Gasteiger charge is -2.22. The van der Waals surface area contributed by atoms with Crippen LogP contribution in [0.3, 0.4) is 0 Å². The average Bonchev–Trinajstić information content (AvgIpc) is 3.71. The van der Waals surface area contributed by atoms with E-state index in [0.29, 0.717) is 6.42 Å². The molecule has 0 radical (unpaired) electrons. The van der Waals surface area contributed by atoms with E-state index in [0.717, 1.165) is 0 Å². The molecule has 2 aromatic heterocycles. The highest BCUT2D eigenvalue weighted by molar-refractivity contribution is 6.06. The molecule has 19 heteroatoms. The molecule has 2 atom stereocenters. The number of rotatable bonds is 18. The summed E-state index contributed by atoms with van der Waals surface area (Å²) >= 11 is 0. The number of esters is 1. The van der Waals surface area contributed by atoms with Crippen LogP contribution in [0.15, 0.2) is 12.7 Å². The molecular weight excluding hydrogens is 680 g/mol. The van der Waals surface area contributed by atoms with Gasteiger partial charge < -0.3 is 51.3 Å². The standard InChI is InChI=1S/C33H52N10O9/c1-18(2)14-20(43-29(48)25-23(39-17-41-25)27(46)36-12-13-37-31(50)52-33(7,8)9)21(44)15-34-10-11-35-26(45)22-24(40-16-38-22)28(47)42-19(3)30(49)51-32(4,5)6/h16-20,34H,10-15H2,1-9H3,(H,35,45)(H,36,46)(H,37,50)(H,38,40)(H,39,41)(H,42,47)(H,43,48)/t19-,20-/m0/s1. The van der Waals surface area contributed by atoms with E-state index < -0.39 is 59.0 Å². The Morgan fingerprint density at radius 1 is 0.673 bits per heavy atom. The maximum absolute atomic E-state index is 13.1. The number of hydrogen-bond donors (Lipinski definition) is 8. The Bertz CT molecular complexity index is 1570. The van der Waals surface area contributed by atoms with Crippen molar-refractivity contribution in [2.24, 2.45) is 5.92 Å². The summed E-state index contributed by atoms with van der Waals surface area (Å²) < 4.78 is 10.4. The Morgan fingerprint density at radius 2 is 1.15 bits per heavy atom. The quantitative estimate of drug-likeness (QED) is 0.0773. The van der Waals surface area contributed by atoms with Crippen LogP contribution >= 0.6 is 0 Å². The highest BCUT2D eigenvalue weighted by Gasteiger charge is 2.28. The Hall–Kier alpha value is -5.33. The molecule has 2 heterocycles. The van der Waals surface area contributed by atoms with Crippen LogP contribution in [-0.2, 0) is 19.1 Å². The van der Waals surface area contributed by atoms with Gasteiger partial charge in [0, 0.05) is 26.2 Å². The molecule has 5 amide bonds. The molecule has 2 aromatic rings. The van der Waals surface area contributed by atoms with Gasteiger partial charge in [0.2, 0.25) is 0 Å². The predicted molar refractivity (Wildman–Crippen MR) is 187 cm³/mol. The van der Waals surface area contributed by atoms with Gasteiger partial charge in [0.25, 0.3) is 23.6 Å². The third kappa shape index (κ3) is 14.9. The maximum atomic E-state index is 13.1. The second-order valence-electron chi connectivity index (χ2n) is 14.2. The first kappa shape index (κ1) is 42.8. The van der Waals surface area contributed by atoms with E-state index in [4.69, 9.17) is 9.47 Å². The van der Waals surface area contributed by atoms with Gasteiger partial charge in [0.1, 0.15) is 28.6 Å². The summed E-state index contributed by atoms with van der Waals surface area (Å²) in [4.78, 5) is 102.